The van der Waals surface area contributed by atoms with Crippen LogP contribution < -0.4 is 0 Å². The number of aryl methyl sites for hydroxylation is 3. The van der Waals surface area contributed by atoms with Crippen LogP contribution >= 0.6 is 0 Å². The van der Waals surface area contributed by atoms with E-state index in [2.05, 4.69) is 11.9 Å². The van der Waals surface area contributed by atoms with Gasteiger partial charge in [0.1, 0.15) is 0 Å². The highest BCUT2D eigenvalue weighted by atomic mass is 19.2. The number of hydrogen-bond acceptors (Lipinski definition) is 1. The normalized spacial score (nSPS) is 10.7. The number of nitrogens with zero attached hydrogens (tertiary/aromatic N) is 1. The van der Waals surface area contributed by atoms with Crippen molar-refractivity contribution < 1.29 is 13.2 Å². The van der Waals surface area contributed by atoms with Gasteiger partial charge in [0.25, 0.3) is 5.95 Å². The standard InChI is InChI=1S/C15H14F3N/c1-2-10-3-5-11(6-4-10)7-8-12-9-13(16)15(18)19-14(12)17/h3-6,9H,2,7-8H2,1H3. The number of rotatable bonds is 4. The van der Waals surface area contributed by atoms with Crippen molar-refractivity contribution in [1.82, 2.24) is 4.98 Å². The van der Waals surface area contributed by atoms with E-state index in [1.807, 2.05) is 24.3 Å². The van der Waals surface area contributed by atoms with E-state index in [0.717, 1.165) is 18.1 Å². The molecule has 0 aliphatic rings. The van der Waals surface area contributed by atoms with Gasteiger partial charge in [0, 0.05) is 5.56 Å². The molecule has 1 aromatic heterocycles. The van der Waals surface area contributed by atoms with Crippen LogP contribution in [-0.4, -0.2) is 4.98 Å². The molecule has 0 spiro atoms. The van der Waals surface area contributed by atoms with Crippen molar-refractivity contribution >= 4 is 0 Å². The number of benzene rings is 1. The summed E-state index contributed by atoms with van der Waals surface area (Å²) in [6.07, 6.45) is 1.82. The molecule has 0 aliphatic carbocycles. The second-order valence-electron chi connectivity index (χ2n) is 4.38. The average Bonchev–Trinajstić information content (AvgIpc) is 2.42. The highest BCUT2D eigenvalue weighted by Gasteiger charge is 2.11. The van der Waals surface area contributed by atoms with Gasteiger partial charge < -0.3 is 0 Å². The van der Waals surface area contributed by atoms with Crippen LogP contribution in [0.15, 0.2) is 30.3 Å². The largest absolute Gasteiger partial charge is 0.251 e. The first kappa shape index (κ1) is 13.6. The van der Waals surface area contributed by atoms with Crippen LogP contribution in [0, 0.1) is 17.7 Å². The zero-order chi connectivity index (χ0) is 13.8. The maximum atomic E-state index is 13.3. The molecule has 1 nitrogen and oxygen atoms in total. The molecular weight excluding hydrogens is 251 g/mol. The van der Waals surface area contributed by atoms with Gasteiger partial charge in [-0.15, -0.1) is 0 Å². The van der Waals surface area contributed by atoms with Crippen molar-refractivity contribution in [3.8, 4) is 0 Å². The Morgan fingerprint density at radius 2 is 1.53 bits per heavy atom. The molecule has 1 aromatic carbocycles. The van der Waals surface area contributed by atoms with Crippen molar-refractivity contribution in [3.05, 3.63) is 64.7 Å². The van der Waals surface area contributed by atoms with E-state index >= 15 is 0 Å². The zero-order valence-corrected chi connectivity index (χ0v) is 10.6. The van der Waals surface area contributed by atoms with Crippen LogP contribution in [0.2, 0.25) is 0 Å². The fourth-order valence-corrected chi connectivity index (χ4v) is 1.88. The molecule has 0 amide bonds. The molecule has 0 saturated heterocycles. The summed E-state index contributed by atoms with van der Waals surface area (Å²) in [4.78, 5) is 2.90. The molecule has 2 rings (SSSR count). The smallest absolute Gasteiger partial charge is 0.202 e. The number of hydrogen-bond donors (Lipinski definition) is 0. The zero-order valence-electron chi connectivity index (χ0n) is 10.6. The van der Waals surface area contributed by atoms with Crippen molar-refractivity contribution in [2.45, 2.75) is 26.2 Å². The fraction of sp³-hybridized carbons (Fsp3) is 0.267. The Labute approximate surface area is 110 Å². The van der Waals surface area contributed by atoms with Crippen molar-refractivity contribution in [1.29, 1.82) is 0 Å². The van der Waals surface area contributed by atoms with Crippen molar-refractivity contribution in [2.75, 3.05) is 0 Å². The molecule has 0 N–H and O–H groups in total. The minimum absolute atomic E-state index is 0.0958. The Morgan fingerprint density at radius 1 is 0.895 bits per heavy atom. The van der Waals surface area contributed by atoms with Crippen LogP contribution in [0.1, 0.15) is 23.6 Å². The molecule has 4 heteroatoms. The Bertz CT molecular complexity index is 564. The Hall–Kier alpha value is -1.84. The van der Waals surface area contributed by atoms with Gasteiger partial charge in [0.15, 0.2) is 5.82 Å². The van der Waals surface area contributed by atoms with Crippen LogP contribution in [0.25, 0.3) is 0 Å². The minimum Gasteiger partial charge on any atom is -0.202 e. The summed E-state index contributed by atoms with van der Waals surface area (Å²) >= 11 is 0. The summed E-state index contributed by atoms with van der Waals surface area (Å²) < 4.78 is 39.0. The molecule has 0 saturated carbocycles. The maximum absolute atomic E-state index is 13.3. The van der Waals surface area contributed by atoms with Crippen LogP contribution in [-0.2, 0) is 19.3 Å². The lowest BCUT2D eigenvalue weighted by molar-refractivity contribution is 0.441. The monoisotopic (exact) mass is 265 g/mol. The Morgan fingerprint density at radius 3 is 2.16 bits per heavy atom. The second kappa shape index (κ2) is 5.87. The van der Waals surface area contributed by atoms with Gasteiger partial charge in [-0.3, -0.25) is 0 Å². The SMILES string of the molecule is CCc1ccc(CCc2cc(F)c(F)nc2F)cc1. The quantitative estimate of drug-likeness (QED) is 0.765. The van der Waals surface area contributed by atoms with E-state index in [1.165, 1.54) is 5.56 Å². The lowest BCUT2D eigenvalue weighted by atomic mass is 10.0. The van der Waals surface area contributed by atoms with Crippen LogP contribution in [0.3, 0.4) is 0 Å². The Balaban J connectivity index is 2.07. The predicted molar refractivity (Wildman–Crippen MR) is 67.3 cm³/mol. The van der Waals surface area contributed by atoms with Gasteiger partial charge in [-0.25, -0.2) is 4.39 Å². The van der Waals surface area contributed by atoms with E-state index in [-0.39, 0.29) is 5.56 Å². The van der Waals surface area contributed by atoms with Crippen molar-refractivity contribution in [2.24, 2.45) is 0 Å². The first-order chi connectivity index (χ1) is 9.10. The highest BCUT2D eigenvalue weighted by Crippen LogP contribution is 2.14. The molecule has 100 valence electrons. The van der Waals surface area contributed by atoms with Crippen LogP contribution in [0.5, 0.6) is 0 Å². The molecule has 0 fully saturated rings. The molecule has 0 radical (unpaired) electrons. The van der Waals surface area contributed by atoms with E-state index in [0.29, 0.717) is 12.8 Å². The number of halogens is 3. The first-order valence-corrected chi connectivity index (χ1v) is 6.18. The lowest BCUT2D eigenvalue weighted by Gasteiger charge is -2.05. The lowest BCUT2D eigenvalue weighted by Crippen LogP contribution is -2.02. The van der Waals surface area contributed by atoms with Gasteiger partial charge in [0.05, 0.1) is 0 Å². The van der Waals surface area contributed by atoms with Gasteiger partial charge in [-0.2, -0.15) is 13.8 Å². The predicted octanol–water partition coefficient (Wildman–Crippen LogP) is 3.85. The molecule has 2 aromatic rings. The van der Waals surface area contributed by atoms with E-state index in [9.17, 15) is 13.2 Å². The third kappa shape index (κ3) is 3.34. The fourth-order valence-electron chi connectivity index (χ4n) is 1.88. The number of aromatic nitrogens is 1. The molecule has 0 aliphatic heterocycles. The summed E-state index contributed by atoms with van der Waals surface area (Å²) in [5.74, 6) is -3.45. The van der Waals surface area contributed by atoms with E-state index in [4.69, 9.17) is 0 Å². The molecule has 0 unspecified atom stereocenters. The van der Waals surface area contributed by atoms with Gasteiger partial charge in [0.2, 0.25) is 5.95 Å². The molecule has 0 bridgehead atoms. The summed E-state index contributed by atoms with van der Waals surface area (Å²) in [5, 5.41) is 0. The van der Waals surface area contributed by atoms with Gasteiger partial charge >= 0.3 is 0 Å². The van der Waals surface area contributed by atoms with Gasteiger partial charge in [-0.05, 0) is 36.5 Å². The van der Waals surface area contributed by atoms with Crippen LogP contribution in [0.4, 0.5) is 13.2 Å². The second-order valence-corrected chi connectivity index (χ2v) is 4.38. The average molecular weight is 265 g/mol. The third-order valence-electron chi connectivity index (χ3n) is 3.07. The first-order valence-electron chi connectivity index (χ1n) is 6.18. The van der Waals surface area contributed by atoms with Gasteiger partial charge in [-0.1, -0.05) is 31.2 Å². The summed E-state index contributed by atoms with van der Waals surface area (Å²) in [6.45, 7) is 2.07. The third-order valence-corrected chi connectivity index (χ3v) is 3.07. The molecule has 1 heterocycles. The summed E-state index contributed by atoms with van der Waals surface area (Å²) in [7, 11) is 0. The van der Waals surface area contributed by atoms with E-state index < -0.39 is 17.7 Å². The van der Waals surface area contributed by atoms with Crippen molar-refractivity contribution in [3.63, 3.8) is 0 Å². The number of pyridine rings is 1. The molecule has 0 atom stereocenters. The highest BCUT2D eigenvalue weighted by molar-refractivity contribution is 5.24. The topological polar surface area (TPSA) is 12.9 Å². The minimum atomic E-state index is -1.39. The molecule has 19 heavy (non-hydrogen) atoms. The maximum Gasteiger partial charge on any atom is 0.251 e. The Kier molecular flexibility index (Phi) is 4.20. The molecular formula is C15H14F3N. The van der Waals surface area contributed by atoms with E-state index in [1.54, 1.807) is 0 Å². The summed E-state index contributed by atoms with van der Waals surface area (Å²) in [5.41, 5.74) is 2.35. The summed E-state index contributed by atoms with van der Waals surface area (Å²) in [6, 6.07) is 8.82.